The first-order valence-corrected chi connectivity index (χ1v) is 4.84. The minimum atomic E-state index is 1.03. The molecular formula is C6H11S2. The van der Waals surface area contributed by atoms with Gasteiger partial charge in [0.1, 0.15) is 0 Å². The molecule has 0 amide bonds. The minimum absolute atomic E-state index is 1.03. The Balaban J connectivity index is 3.20. The first-order valence-electron chi connectivity index (χ1n) is 2.39. The number of hydrogen-bond donors (Lipinski definition) is 0. The van der Waals surface area contributed by atoms with Gasteiger partial charge in [0.05, 0.1) is 4.58 Å². The molecule has 0 atom stereocenters. The Hall–Kier alpha value is 0.440. The molecule has 0 saturated heterocycles. The zero-order valence-corrected chi connectivity index (χ0v) is 6.94. The topological polar surface area (TPSA) is 0 Å². The highest BCUT2D eigenvalue weighted by Crippen LogP contribution is 2.30. The number of rotatable bonds is 4. The van der Waals surface area contributed by atoms with Gasteiger partial charge in [-0.05, 0) is 18.9 Å². The van der Waals surface area contributed by atoms with Crippen LogP contribution in [0, 0.1) is 4.58 Å². The Bertz CT molecular complexity index is 57.5. The SMILES string of the molecule is C=CC[C](SC)SC. The molecule has 0 unspecified atom stereocenters. The van der Waals surface area contributed by atoms with E-state index in [1.807, 2.05) is 6.08 Å². The summed E-state index contributed by atoms with van der Waals surface area (Å²) in [6, 6.07) is 0. The summed E-state index contributed by atoms with van der Waals surface area (Å²) in [5.41, 5.74) is 0. The zero-order chi connectivity index (χ0) is 6.41. The largest absolute Gasteiger partial charge is 0.145 e. The Labute approximate surface area is 60.1 Å². The van der Waals surface area contributed by atoms with Crippen molar-refractivity contribution >= 4 is 23.5 Å². The lowest BCUT2D eigenvalue weighted by molar-refractivity contribution is 1.34. The molecule has 0 spiro atoms. The Morgan fingerprint density at radius 1 is 1.50 bits per heavy atom. The molecule has 0 aliphatic carbocycles. The predicted molar refractivity (Wildman–Crippen MR) is 45.1 cm³/mol. The van der Waals surface area contributed by atoms with Crippen LogP contribution < -0.4 is 0 Å². The lowest BCUT2D eigenvalue weighted by atomic mass is 10.5. The van der Waals surface area contributed by atoms with Crippen LogP contribution in [0.4, 0.5) is 0 Å². The summed E-state index contributed by atoms with van der Waals surface area (Å²) in [7, 11) is 0. The van der Waals surface area contributed by atoms with Crippen LogP contribution in [0.3, 0.4) is 0 Å². The zero-order valence-electron chi connectivity index (χ0n) is 5.31. The molecule has 0 bridgehead atoms. The number of thioether (sulfide) groups is 2. The molecule has 0 heterocycles. The van der Waals surface area contributed by atoms with Crippen molar-refractivity contribution < 1.29 is 0 Å². The van der Waals surface area contributed by atoms with E-state index in [1.54, 1.807) is 23.5 Å². The smallest absolute Gasteiger partial charge is 0.0879 e. The fraction of sp³-hybridized carbons (Fsp3) is 0.500. The van der Waals surface area contributed by atoms with Gasteiger partial charge in [-0.3, -0.25) is 0 Å². The normalized spacial score (nSPS) is 9.88. The summed E-state index contributed by atoms with van der Waals surface area (Å²) < 4.78 is 1.43. The second kappa shape index (κ2) is 5.57. The highest BCUT2D eigenvalue weighted by atomic mass is 32.2. The molecule has 0 nitrogen and oxygen atoms in total. The highest BCUT2D eigenvalue weighted by Gasteiger charge is 2.00. The van der Waals surface area contributed by atoms with Gasteiger partial charge in [-0.15, -0.1) is 30.1 Å². The van der Waals surface area contributed by atoms with Gasteiger partial charge in [0.25, 0.3) is 0 Å². The quantitative estimate of drug-likeness (QED) is 0.561. The molecule has 1 radical (unpaired) electrons. The van der Waals surface area contributed by atoms with Gasteiger partial charge in [0, 0.05) is 0 Å². The van der Waals surface area contributed by atoms with E-state index >= 15 is 0 Å². The molecule has 0 saturated carbocycles. The van der Waals surface area contributed by atoms with E-state index < -0.39 is 0 Å². The lowest BCUT2D eigenvalue weighted by Crippen LogP contribution is -1.78. The second-order valence-corrected chi connectivity index (χ2v) is 3.33. The molecule has 8 heavy (non-hydrogen) atoms. The van der Waals surface area contributed by atoms with Gasteiger partial charge in [-0.1, -0.05) is 6.08 Å². The van der Waals surface area contributed by atoms with Crippen molar-refractivity contribution in [1.82, 2.24) is 0 Å². The van der Waals surface area contributed by atoms with E-state index in [0.717, 1.165) is 6.42 Å². The maximum Gasteiger partial charge on any atom is 0.0879 e. The summed E-state index contributed by atoms with van der Waals surface area (Å²) in [5.74, 6) is 0. The predicted octanol–water partition coefficient (Wildman–Crippen LogP) is 2.78. The summed E-state index contributed by atoms with van der Waals surface area (Å²) in [4.78, 5) is 0. The molecule has 2 heteroatoms. The van der Waals surface area contributed by atoms with Crippen LogP contribution in [0.25, 0.3) is 0 Å². The van der Waals surface area contributed by atoms with Crippen molar-refractivity contribution in [3.63, 3.8) is 0 Å². The molecular weight excluding hydrogens is 136 g/mol. The minimum Gasteiger partial charge on any atom is -0.145 e. The van der Waals surface area contributed by atoms with Crippen LogP contribution in [0.5, 0.6) is 0 Å². The molecule has 0 aromatic carbocycles. The molecule has 0 aliphatic rings. The Kier molecular flexibility index (Phi) is 5.88. The molecule has 0 fully saturated rings. The standard InChI is InChI=1S/C6H11S2/c1-4-5-6(7-2)8-3/h4H,1,5H2,2-3H3. The van der Waals surface area contributed by atoms with Gasteiger partial charge in [0.2, 0.25) is 0 Å². The van der Waals surface area contributed by atoms with Crippen molar-refractivity contribution in [1.29, 1.82) is 0 Å². The Morgan fingerprint density at radius 3 is 2.12 bits per heavy atom. The first-order chi connectivity index (χ1) is 3.85. The summed E-state index contributed by atoms with van der Waals surface area (Å²) in [5, 5.41) is 0. The van der Waals surface area contributed by atoms with Crippen LogP contribution in [-0.4, -0.2) is 12.5 Å². The van der Waals surface area contributed by atoms with Gasteiger partial charge in [0.15, 0.2) is 0 Å². The van der Waals surface area contributed by atoms with Gasteiger partial charge < -0.3 is 0 Å². The summed E-state index contributed by atoms with van der Waals surface area (Å²) in [6.07, 6.45) is 7.15. The third-order valence-corrected chi connectivity index (χ3v) is 3.01. The summed E-state index contributed by atoms with van der Waals surface area (Å²) >= 11 is 3.61. The van der Waals surface area contributed by atoms with Crippen molar-refractivity contribution in [3.05, 3.63) is 17.2 Å². The van der Waals surface area contributed by atoms with E-state index in [1.165, 1.54) is 4.58 Å². The van der Waals surface area contributed by atoms with Gasteiger partial charge >= 0.3 is 0 Å². The van der Waals surface area contributed by atoms with E-state index in [4.69, 9.17) is 0 Å². The van der Waals surface area contributed by atoms with E-state index in [-0.39, 0.29) is 0 Å². The third kappa shape index (κ3) is 3.44. The average Bonchev–Trinajstić information content (AvgIpc) is 1.83. The number of allylic oxidation sites excluding steroid dienone is 1. The fourth-order valence-electron chi connectivity index (χ4n) is 0.368. The van der Waals surface area contributed by atoms with Crippen LogP contribution >= 0.6 is 23.5 Å². The van der Waals surface area contributed by atoms with Crippen molar-refractivity contribution in [2.24, 2.45) is 0 Å². The molecule has 0 aromatic heterocycles. The van der Waals surface area contributed by atoms with Crippen LogP contribution in [0.1, 0.15) is 6.42 Å². The molecule has 0 aliphatic heterocycles. The number of hydrogen-bond acceptors (Lipinski definition) is 2. The maximum absolute atomic E-state index is 3.65. The second-order valence-electron chi connectivity index (χ2n) is 1.27. The van der Waals surface area contributed by atoms with Crippen LogP contribution in [0.2, 0.25) is 0 Å². The molecule has 0 N–H and O–H groups in total. The molecule has 47 valence electrons. The van der Waals surface area contributed by atoms with Crippen molar-refractivity contribution in [3.8, 4) is 0 Å². The molecule has 0 aromatic rings. The van der Waals surface area contributed by atoms with E-state index in [2.05, 4.69) is 19.1 Å². The third-order valence-electron chi connectivity index (χ3n) is 0.766. The molecule has 0 rings (SSSR count). The highest BCUT2D eigenvalue weighted by molar-refractivity contribution is 8.20. The van der Waals surface area contributed by atoms with E-state index in [0.29, 0.717) is 0 Å². The van der Waals surface area contributed by atoms with Crippen molar-refractivity contribution in [2.45, 2.75) is 6.42 Å². The van der Waals surface area contributed by atoms with Crippen LogP contribution in [-0.2, 0) is 0 Å². The van der Waals surface area contributed by atoms with Crippen molar-refractivity contribution in [2.75, 3.05) is 12.5 Å². The van der Waals surface area contributed by atoms with Crippen LogP contribution in [0.15, 0.2) is 12.7 Å². The summed E-state index contributed by atoms with van der Waals surface area (Å²) in [6.45, 7) is 3.65. The monoisotopic (exact) mass is 147 g/mol. The van der Waals surface area contributed by atoms with Gasteiger partial charge in [-0.2, -0.15) is 0 Å². The van der Waals surface area contributed by atoms with Gasteiger partial charge in [-0.25, -0.2) is 0 Å². The Morgan fingerprint density at radius 2 is 2.00 bits per heavy atom. The fourth-order valence-corrected chi connectivity index (χ4v) is 1.60. The van der Waals surface area contributed by atoms with E-state index in [9.17, 15) is 0 Å². The average molecular weight is 147 g/mol. The lowest BCUT2D eigenvalue weighted by Gasteiger charge is -2.04. The first kappa shape index (κ1) is 8.44. The maximum atomic E-state index is 3.65.